The number of ether oxygens (including phenoxy) is 4. The highest BCUT2D eigenvalue weighted by Gasteiger charge is 2.21. The lowest BCUT2D eigenvalue weighted by Crippen LogP contribution is -2.37. The van der Waals surface area contributed by atoms with E-state index in [0.29, 0.717) is 87.4 Å². The summed E-state index contributed by atoms with van der Waals surface area (Å²) < 4.78 is 22.1. The average Bonchev–Trinajstić information content (AvgIpc) is 3.26. The summed E-state index contributed by atoms with van der Waals surface area (Å²) in [5.41, 5.74) is 5.58. The lowest BCUT2D eigenvalue weighted by Gasteiger charge is -2.26. The summed E-state index contributed by atoms with van der Waals surface area (Å²) in [5.74, 6) is -0.910. The molecule has 62 heavy (non-hydrogen) atoms. The number of carbonyl (C=O) groups is 2. The van der Waals surface area contributed by atoms with E-state index in [1.54, 1.807) is 38.1 Å². The molecule has 4 N–H and O–H groups in total. The summed E-state index contributed by atoms with van der Waals surface area (Å²) in [6.45, 7) is 15.2. The number of rotatable bonds is 26. The standard InChI is InChI=1S/C48H58B2N2O10/c1-35(2)47(53)61-31-29-59-27-25-51(33-37-13-5-11-19-45(37)49(55)56)23-21-43-39-15-7-9-17-41(39)44(42-18-10-8-16-40(42)43)22-24-52(26-28-60-30-32-62-48(54)36(3)4)34-38-14-6-12-20-46(38)50(57)58/h5-20,55-58H,1,3,21-34H2,2,4H3. The maximum atomic E-state index is 11.8. The number of carbonyl (C=O) groups excluding carboxylic acids is 2. The number of esters is 2. The van der Waals surface area contributed by atoms with Crippen molar-refractivity contribution < 1.29 is 48.6 Å². The molecular weight excluding hydrogens is 786 g/mol. The van der Waals surface area contributed by atoms with Crippen LogP contribution in [-0.2, 0) is 54.5 Å². The molecule has 0 aliphatic heterocycles. The molecule has 0 amide bonds. The molecule has 5 aromatic rings. The summed E-state index contributed by atoms with van der Waals surface area (Å²) in [7, 11) is -3.21. The predicted octanol–water partition coefficient (Wildman–Crippen LogP) is 3.71. The number of fused-ring (bicyclic) bond motifs is 2. The van der Waals surface area contributed by atoms with Gasteiger partial charge < -0.3 is 39.0 Å². The first-order valence-corrected chi connectivity index (χ1v) is 21.0. The Morgan fingerprint density at radius 3 is 1.18 bits per heavy atom. The Kier molecular flexibility index (Phi) is 18.9. The molecular formula is C48H58B2N2O10. The van der Waals surface area contributed by atoms with Gasteiger partial charge in [0.2, 0.25) is 0 Å². The van der Waals surface area contributed by atoms with E-state index in [4.69, 9.17) is 18.9 Å². The van der Waals surface area contributed by atoms with E-state index in [9.17, 15) is 29.7 Å². The zero-order valence-electron chi connectivity index (χ0n) is 35.8. The second kappa shape index (κ2) is 24.5. The van der Waals surface area contributed by atoms with Gasteiger partial charge in [0.25, 0.3) is 0 Å². The molecule has 5 aromatic carbocycles. The maximum absolute atomic E-state index is 11.8. The van der Waals surface area contributed by atoms with E-state index in [2.05, 4.69) is 71.5 Å². The maximum Gasteiger partial charge on any atom is 0.488 e. The fourth-order valence-electron chi connectivity index (χ4n) is 7.49. The lowest BCUT2D eigenvalue weighted by molar-refractivity contribution is -0.141. The zero-order valence-corrected chi connectivity index (χ0v) is 35.8. The Labute approximate surface area is 365 Å². The van der Waals surface area contributed by atoms with Crippen LogP contribution in [0, 0.1) is 0 Å². The lowest BCUT2D eigenvalue weighted by atomic mass is 9.77. The second-order valence-electron chi connectivity index (χ2n) is 15.3. The molecule has 0 unspecified atom stereocenters. The predicted molar refractivity (Wildman–Crippen MR) is 245 cm³/mol. The molecule has 14 heteroatoms. The van der Waals surface area contributed by atoms with Crippen LogP contribution in [0.3, 0.4) is 0 Å². The van der Waals surface area contributed by atoms with Crippen molar-refractivity contribution in [3.63, 3.8) is 0 Å². The molecule has 0 aromatic heterocycles. The summed E-state index contributed by atoms with van der Waals surface area (Å²) in [6.07, 6.45) is 1.40. The van der Waals surface area contributed by atoms with E-state index < -0.39 is 26.2 Å². The van der Waals surface area contributed by atoms with Crippen LogP contribution in [0.4, 0.5) is 0 Å². The molecule has 5 rings (SSSR count). The first-order valence-electron chi connectivity index (χ1n) is 21.0. The van der Waals surface area contributed by atoms with E-state index >= 15 is 0 Å². The molecule has 12 nitrogen and oxygen atoms in total. The fourth-order valence-corrected chi connectivity index (χ4v) is 7.49. The monoisotopic (exact) mass is 844 g/mol. The average molecular weight is 845 g/mol. The van der Waals surface area contributed by atoms with Crippen molar-refractivity contribution in [2.75, 3.05) is 65.8 Å². The first kappa shape index (κ1) is 47.9. The Bertz CT molecular complexity index is 2070. The van der Waals surface area contributed by atoms with Crippen molar-refractivity contribution >= 4 is 58.6 Å². The van der Waals surface area contributed by atoms with Gasteiger partial charge in [0, 0.05) is 50.4 Å². The summed E-state index contributed by atoms with van der Waals surface area (Å²) in [6, 6.07) is 31.5. The van der Waals surface area contributed by atoms with Gasteiger partial charge in [-0.25, -0.2) is 9.59 Å². The number of hydrogen-bond donors (Lipinski definition) is 4. The van der Waals surface area contributed by atoms with Gasteiger partial charge in [-0.2, -0.15) is 0 Å². The van der Waals surface area contributed by atoms with Crippen LogP contribution in [-0.4, -0.2) is 122 Å². The van der Waals surface area contributed by atoms with Crippen molar-refractivity contribution in [1.29, 1.82) is 0 Å². The Balaban J connectivity index is 1.38. The van der Waals surface area contributed by atoms with E-state index in [1.807, 2.05) is 24.3 Å². The molecule has 0 heterocycles. The molecule has 326 valence electrons. The Hall–Kier alpha value is -5.15. The molecule has 0 bridgehead atoms. The van der Waals surface area contributed by atoms with Crippen LogP contribution in [0.15, 0.2) is 121 Å². The third-order valence-electron chi connectivity index (χ3n) is 10.7. The van der Waals surface area contributed by atoms with Gasteiger partial charge >= 0.3 is 26.2 Å². The minimum atomic E-state index is -1.61. The molecule has 0 spiro atoms. The number of nitrogens with zero attached hydrogens (tertiary/aromatic N) is 2. The molecule has 0 radical (unpaired) electrons. The van der Waals surface area contributed by atoms with Crippen LogP contribution in [0.5, 0.6) is 0 Å². The number of hydrogen-bond acceptors (Lipinski definition) is 12. The smallest absolute Gasteiger partial charge is 0.460 e. The SMILES string of the molecule is C=C(C)C(=O)OCCOCCN(CCc1c2ccccc2c(CCN(CCOCCOC(=O)C(=C)C)Cc2ccccc2B(O)O)c2ccccc12)Cc1ccccc1B(O)O. The van der Waals surface area contributed by atoms with Gasteiger partial charge in [-0.15, -0.1) is 0 Å². The van der Waals surface area contributed by atoms with Crippen LogP contribution in [0.25, 0.3) is 21.5 Å². The van der Waals surface area contributed by atoms with Crippen molar-refractivity contribution in [2.45, 2.75) is 39.8 Å². The van der Waals surface area contributed by atoms with Crippen LogP contribution in [0.1, 0.15) is 36.1 Å². The third-order valence-corrected chi connectivity index (χ3v) is 10.7. The minimum absolute atomic E-state index is 0.120. The van der Waals surface area contributed by atoms with Crippen LogP contribution >= 0.6 is 0 Å². The third kappa shape index (κ3) is 13.9. The van der Waals surface area contributed by atoms with E-state index in [1.165, 1.54) is 11.1 Å². The molecule has 0 aliphatic rings. The topological polar surface area (TPSA) is 158 Å². The Morgan fingerprint density at radius 2 is 0.839 bits per heavy atom. The molecule has 0 aliphatic carbocycles. The van der Waals surface area contributed by atoms with E-state index in [0.717, 1.165) is 32.7 Å². The summed E-state index contributed by atoms with van der Waals surface area (Å²) in [4.78, 5) is 28.1. The largest absolute Gasteiger partial charge is 0.488 e. The first-order chi connectivity index (χ1) is 29.9. The number of benzene rings is 5. The summed E-state index contributed by atoms with van der Waals surface area (Å²) in [5, 5.41) is 45.2. The highest BCUT2D eigenvalue weighted by molar-refractivity contribution is 6.59. The van der Waals surface area contributed by atoms with Gasteiger partial charge in [-0.1, -0.05) is 110 Å². The van der Waals surface area contributed by atoms with E-state index in [-0.39, 0.29) is 26.4 Å². The van der Waals surface area contributed by atoms with Gasteiger partial charge in [0.1, 0.15) is 13.2 Å². The molecule has 0 saturated heterocycles. The molecule has 0 atom stereocenters. The zero-order chi connectivity index (χ0) is 44.4. The van der Waals surface area contributed by atoms with Crippen molar-refractivity contribution in [1.82, 2.24) is 9.80 Å². The van der Waals surface area contributed by atoms with Crippen molar-refractivity contribution in [3.05, 3.63) is 144 Å². The Morgan fingerprint density at radius 1 is 0.500 bits per heavy atom. The van der Waals surface area contributed by atoms with Gasteiger partial charge in [0.15, 0.2) is 0 Å². The van der Waals surface area contributed by atoms with Crippen molar-refractivity contribution in [3.8, 4) is 0 Å². The van der Waals surface area contributed by atoms with Gasteiger partial charge in [0.05, 0.1) is 26.4 Å². The van der Waals surface area contributed by atoms with Crippen LogP contribution in [0.2, 0.25) is 0 Å². The quantitative estimate of drug-likeness (QED) is 0.0211. The normalized spacial score (nSPS) is 11.4. The fraction of sp³-hybridized carbons (Fsp3) is 0.333. The molecule has 0 fully saturated rings. The molecule has 0 saturated carbocycles. The second-order valence-corrected chi connectivity index (χ2v) is 15.3. The van der Waals surface area contributed by atoms with Crippen LogP contribution < -0.4 is 10.9 Å². The van der Waals surface area contributed by atoms with Gasteiger partial charge in [-0.3, -0.25) is 9.80 Å². The highest BCUT2D eigenvalue weighted by atomic mass is 16.6. The van der Waals surface area contributed by atoms with Crippen molar-refractivity contribution in [2.24, 2.45) is 0 Å². The summed E-state index contributed by atoms with van der Waals surface area (Å²) >= 11 is 0. The van der Waals surface area contributed by atoms with Gasteiger partial charge in [-0.05, 0) is 81.4 Å². The highest BCUT2D eigenvalue weighted by Crippen LogP contribution is 2.34. The minimum Gasteiger partial charge on any atom is -0.460 e.